The third-order valence-electron chi connectivity index (χ3n) is 6.34. The van der Waals surface area contributed by atoms with Crippen LogP contribution in [0.1, 0.15) is 24.1 Å². The fraction of sp³-hybridized carbons (Fsp3) is 0.269. The number of hydrogen-bond donors (Lipinski definition) is 0. The fourth-order valence-corrected chi connectivity index (χ4v) is 6.99. The van der Waals surface area contributed by atoms with Crippen LogP contribution in [0.25, 0.3) is 10.2 Å². The minimum Gasteiger partial charge on any atom is -0.282 e. The maximum atomic E-state index is 13.9. The SMILES string of the molecule is Cc1cccc2sc(N(Cc3ccccn3)C(=O)C3CCCN(S(=O)(=O)c4ccc(F)cc4)C3)nc12. The number of nitrogens with zero attached hydrogens (tertiary/aromatic N) is 4. The lowest BCUT2D eigenvalue weighted by Gasteiger charge is -2.33. The maximum Gasteiger partial charge on any atom is 0.243 e. The first-order valence-corrected chi connectivity index (χ1v) is 13.9. The zero-order valence-electron chi connectivity index (χ0n) is 19.7. The van der Waals surface area contributed by atoms with Gasteiger partial charge in [-0.1, -0.05) is 29.5 Å². The lowest BCUT2D eigenvalue weighted by Crippen LogP contribution is -2.46. The highest BCUT2D eigenvalue weighted by molar-refractivity contribution is 7.89. The number of thiazole rings is 1. The van der Waals surface area contributed by atoms with Crippen LogP contribution in [0.5, 0.6) is 0 Å². The van der Waals surface area contributed by atoms with E-state index in [2.05, 4.69) is 4.98 Å². The first-order chi connectivity index (χ1) is 17.3. The number of halogens is 1. The largest absolute Gasteiger partial charge is 0.282 e. The molecular formula is C26H25FN4O3S2. The van der Waals surface area contributed by atoms with Gasteiger partial charge in [-0.2, -0.15) is 4.31 Å². The summed E-state index contributed by atoms with van der Waals surface area (Å²) >= 11 is 1.43. The summed E-state index contributed by atoms with van der Waals surface area (Å²) in [6.07, 6.45) is 2.79. The minimum atomic E-state index is -3.85. The highest BCUT2D eigenvalue weighted by Gasteiger charge is 2.36. The van der Waals surface area contributed by atoms with Crippen LogP contribution < -0.4 is 4.90 Å². The number of para-hydroxylation sites is 1. The number of sulfonamides is 1. The number of anilines is 1. The van der Waals surface area contributed by atoms with E-state index in [4.69, 9.17) is 4.98 Å². The Morgan fingerprint density at radius 1 is 1.14 bits per heavy atom. The summed E-state index contributed by atoms with van der Waals surface area (Å²) in [7, 11) is -3.85. The first kappa shape index (κ1) is 24.5. The molecule has 1 amide bonds. The first-order valence-electron chi connectivity index (χ1n) is 11.7. The molecule has 36 heavy (non-hydrogen) atoms. The van der Waals surface area contributed by atoms with Gasteiger partial charge in [-0.25, -0.2) is 17.8 Å². The van der Waals surface area contributed by atoms with Gasteiger partial charge < -0.3 is 0 Å². The van der Waals surface area contributed by atoms with Crippen molar-refractivity contribution in [2.45, 2.75) is 31.2 Å². The van der Waals surface area contributed by atoms with Crippen LogP contribution >= 0.6 is 11.3 Å². The van der Waals surface area contributed by atoms with E-state index in [1.165, 1.54) is 27.8 Å². The van der Waals surface area contributed by atoms with Crippen LogP contribution in [0.15, 0.2) is 71.8 Å². The van der Waals surface area contributed by atoms with Crippen LogP contribution in [0.3, 0.4) is 0 Å². The molecule has 2 aromatic carbocycles. The lowest BCUT2D eigenvalue weighted by molar-refractivity contribution is -0.123. The Morgan fingerprint density at radius 3 is 2.67 bits per heavy atom. The number of pyridine rings is 1. The number of benzene rings is 2. The van der Waals surface area contributed by atoms with Crippen LogP contribution in [-0.4, -0.2) is 41.7 Å². The highest BCUT2D eigenvalue weighted by Crippen LogP contribution is 2.34. The van der Waals surface area contributed by atoms with Crippen molar-refractivity contribution >= 4 is 42.6 Å². The average molecular weight is 525 g/mol. The number of hydrogen-bond acceptors (Lipinski definition) is 6. The molecule has 3 heterocycles. The smallest absolute Gasteiger partial charge is 0.243 e. The van der Waals surface area contributed by atoms with E-state index in [9.17, 15) is 17.6 Å². The molecule has 1 saturated heterocycles. The van der Waals surface area contributed by atoms with Crippen molar-refractivity contribution in [2.24, 2.45) is 5.92 Å². The summed E-state index contributed by atoms with van der Waals surface area (Å²) in [4.78, 5) is 24.7. The van der Waals surface area contributed by atoms with Gasteiger partial charge in [-0.3, -0.25) is 14.7 Å². The van der Waals surface area contributed by atoms with Crippen molar-refractivity contribution in [2.75, 3.05) is 18.0 Å². The summed E-state index contributed by atoms with van der Waals surface area (Å²) in [5, 5.41) is 0.563. The predicted molar refractivity (Wildman–Crippen MR) is 138 cm³/mol. The van der Waals surface area contributed by atoms with E-state index in [-0.39, 0.29) is 23.9 Å². The van der Waals surface area contributed by atoms with Crippen molar-refractivity contribution in [3.8, 4) is 0 Å². The van der Waals surface area contributed by atoms with Crippen molar-refractivity contribution < 1.29 is 17.6 Å². The topological polar surface area (TPSA) is 83.5 Å². The van der Waals surface area contributed by atoms with Crippen molar-refractivity contribution in [1.82, 2.24) is 14.3 Å². The van der Waals surface area contributed by atoms with Gasteiger partial charge >= 0.3 is 0 Å². The molecule has 0 N–H and O–H groups in total. The number of piperidine rings is 1. The summed E-state index contributed by atoms with van der Waals surface area (Å²) in [6, 6.07) is 16.2. The second-order valence-corrected chi connectivity index (χ2v) is 11.8. The third-order valence-corrected chi connectivity index (χ3v) is 9.26. The number of aryl methyl sites for hydroxylation is 1. The number of fused-ring (bicyclic) bond motifs is 1. The van der Waals surface area contributed by atoms with Crippen LogP contribution in [0.4, 0.5) is 9.52 Å². The van der Waals surface area contributed by atoms with E-state index in [0.717, 1.165) is 27.9 Å². The molecule has 0 bridgehead atoms. The van der Waals surface area contributed by atoms with E-state index in [1.807, 2.05) is 43.3 Å². The zero-order chi connectivity index (χ0) is 25.3. The van der Waals surface area contributed by atoms with Crippen LogP contribution in [0, 0.1) is 18.7 Å². The van der Waals surface area contributed by atoms with Gasteiger partial charge in [0.25, 0.3) is 0 Å². The van der Waals surface area contributed by atoms with Crippen LogP contribution in [0.2, 0.25) is 0 Å². The molecule has 10 heteroatoms. The Morgan fingerprint density at radius 2 is 1.94 bits per heavy atom. The van der Waals surface area contributed by atoms with Gasteiger partial charge in [0.05, 0.1) is 33.3 Å². The minimum absolute atomic E-state index is 0.0176. The van der Waals surface area contributed by atoms with E-state index < -0.39 is 21.8 Å². The number of carbonyl (C=O) groups is 1. The second kappa shape index (κ2) is 10.0. The van der Waals surface area contributed by atoms with Gasteiger partial charge in [-0.05, 0) is 67.8 Å². The molecule has 186 valence electrons. The molecule has 0 aliphatic carbocycles. The molecule has 1 fully saturated rings. The molecule has 0 spiro atoms. The number of carbonyl (C=O) groups excluding carboxylic acids is 1. The summed E-state index contributed by atoms with van der Waals surface area (Å²) in [6.45, 7) is 2.58. The Kier molecular flexibility index (Phi) is 6.83. The third kappa shape index (κ3) is 4.88. The van der Waals surface area contributed by atoms with Crippen molar-refractivity contribution in [3.63, 3.8) is 0 Å². The zero-order valence-corrected chi connectivity index (χ0v) is 21.3. The normalized spacial score (nSPS) is 16.8. The van der Waals surface area contributed by atoms with Gasteiger partial charge in [0, 0.05) is 19.3 Å². The van der Waals surface area contributed by atoms with E-state index >= 15 is 0 Å². The molecule has 1 aliphatic heterocycles. The Bertz CT molecular complexity index is 1490. The molecule has 1 aliphatic rings. The van der Waals surface area contributed by atoms with Gasteiger partial charge in [0.15, 0.2) is 5.13 Å². The van der Waals surface area contributed by atoms with Crippen LogP contribution in [-0.2, 0) is 21.4 Å². The fourth-order valence-electron chi connectivity index (χ4n) is 4.42. The van der Waals surface area contributed by atoms with Gasteiger partial charge in [0.2, 0.25) is 15.9 Å². The van der Waals surface area contributed by atoms with Crippen molar-refractivity contribution in [1.29, 1.82) is 0 Å². The predicted octanol–water partition coefficient (Wildman–Crippen LogP) is 4.77. The van der Waals surface area contributed by atoms with Crippen molar-refractivity contribution in [3.05, 3.63) is 83.9 Å². The Hall–Kier alpha value is -3.21. The Balaban J connectivity index is 1.45. The molecule has 2 aromatic heterocycles. The standard InChI is InChI=1S/C26H25FN4O3S2/c1-18-6-4-9-23-24(18)29-26(35-23)31(17-21-8-2-3-14-28-21)25(32)19-7-5-15-30(16-19)36(33,34)22-12-10-20(27)11-13-22/h2-4,6,8-14,19H,5,7,15-17H2,1H3. The Labute approximate surface area is 213 Å². The number of rotatable bonds is 6. The van der Waals surface area contributed by atoms with E-state index in [1.54, 1.807) is 11.1 Å². The second-order valence-electron chi connectivity index (χ2n) is 8.82. The molecule has 4 aromatic rings. The van der Waals surface area contributed by atoms with Gasteiger partial charge in [0.1, 0.15) is 5.82 Å². The average Bonchev–Trinajstić information content (AvgIpc) is 3.33. The lowest BCUT2D eigenvalue weighted by atomic mass is 9.98. The molecule has 0 radical (unpaired) electrons. The maximum absolute atomic E-state index is 13.9. The summed E-state index contributed by atoms with van der Waals surface area (Å²) < 4.78 is 42.1. The summed E-state index contributed by atoms with van der Waals surface area (Å²) in [5.41, 5.74) is 2.59. The molecule has 1 atom stereocenters. The highest BCUT2D eigenvalue weighted by atomic mass is 32.2. The molecule has 5 rings (SSSR count). The number of aromatic nitrogens is 2. The molecule has 0 saturated carbocycles. The van der Waals surface area contributed by atoms with Gasteiger partial charge in [-0.15, -0.1) is 0 Å². The number of amides is 1. The summed E-state index contributed by atoms with van der Waals surface area (Å²) in [5.74, 6) is -1.22. The monoisotopic (exact) mass is 524 g/mol. The van der Waals surface area contributed by atoms with E-state index in [0.29, 0.717) is 30.2 Å². The molecule has 7 nitrogen and oxygen atoms in total. The molecule has 1 unspecified atom stereocenters. The quantitative estimate of drug-likeness (QED) is 0.363. The molecular weight excluding hydrogens is 499 g/mol.